The average Bonchev–Trinajstić information content (AvgIpc) is 2.82. The number of rotatable bonds is 7. The second-order valence-electron chi connectivity index (χ2n) is 4.53. The number of unbranched alkanes of at least 4 members (excludes halogenated alkanes) is 1. The molecule has 1 aromatic rings. The van der Waals surface area contributed by atoms with Gasteiger partial charge in [0.25, 0.3) is 0 Å². The lowest BCUT2D eigenvalue weighted by atomic mass is 10.3. The van der Waals surface area contributed by atoms with Gasteiger partial charge in [0.2, 0.25) is 11.8 Å². The van der Waals surface area contributed by atoms with E-state index in [0.29, 0.717) is 13.0 Å². The molecule has 0 aliphatic carbocycles. The van der Waals surface area contributed by atoms with Gasteiger partial charge in [0.05, 0.1) is 6.54 Å². The first-order chi connectivity index (χ1) is 9.74. The quantitative estimate of drug-likeness (QED) is 0.816. The molecule has 1 aromatic heterocycles. The molecule has 2 N–H and O–H groups in total. The van der Waals surface area contributed by atoms with E-state index >= 15 is 0 Å². The number of hydrogen-bond acceptors (Lipinski definition) is 3. The molecule has 0 fully saturated rings. The maximum absolute atomic E-state index is 12.4. The van der Waals surface area contributed by atoms with Gasteiger partial charge < -0.3 is 10.6 Å². The number of primary amides is 1. The Hall–Kier alpha value is -2.06. The van der Waals surface area contributed by atoms with Crippen LogP contribution in [0.5, 0.6) is 0 Å². The minimum Gasteiger partial charge on any atom is -0.368 e. The fourth-order valence-electron chi connectivity index (χ4n) is 1.67. The van der Waals surface area contributed by atoms with E-state index in [1.54, 1.807) is 0 Å². The van der Waals surface area contributed by atoms with Crippen molar-refractivity contribution in [3.8, 4) is 0 Å². The minimum absolute atomic E-state index is 0.258. The van der Waals surface area contributed by atoms with E-state index in [1.807, 2.05) is 6.92 Å². The van der Waals surface area contributed by atoms with Gasteiger partial charge in [-0.05, 0) is 12.5 Å². The van der Waals surface area contributed by atoms with E-state index in [4.69, 9.17) is 5.73 Å². The lowest BCUT2D eigenvalue weighted by molar-refractivity contribution is -0.142. The SMILES string of the molecule is CCCCN(CC(N)=O)C(=O)Cn1ccc(C(F)(F)F)n1. The molecule has 1 rings (SSSR count). The van der Waals surface area contributed by atoms with Crippen molar-refractivity contribution in [2.45, 2.75) is 32.5 Å². The summed E-state index contributed by atoms with van der Waals surface area (Å²) in [6, 6.07) is 0.789. The van der Waals surface area contributed by atoms with Gasteiger partial charge in [0.15, 0.2) is 5.69 Å². The molecule has 0 saturated carbocycles. The second-order valence-corrected chi connectivity index (χ2v) is 4.53. The lowest BCUT2D eigenvalue weighted by Crippen LogP contribution is -2.40. The third-order valence-electron chi connectivity index (χ3n) is 2.71. The fraction of sp³-hybridized carbons (Fsp3) is 0.583. The Bertz CT molecular complexity index is 499. The van der Waals surface area contributed by atoms with Crippen LogP contribution in [0.2, 0.25) is 0 Å². The second kappa shape index (κ2) is 7.09. The molecule has 0 saturated heterocycles. The number of alkyl halides is 3. The molecule has 0 aromatic carbocycles. The Morgan fingerprint density at radius 1 is 1.43 bits per heavy atom. The molecule has 0 aliphatic heterocycles. The van der Waals surface area contributed by atoms with Crippen molar-refractivity contribution in [3.63, 3.8) is 0 Å². The van der Waals surface area contributed by atoms with Crippen molar-refractivity contribution in [1.29, 1.82) is 0 Å². The summed E-state index contributed by atoms with van der Waals surface area (Å²) in [7, 11) is 0. The number of nitrogens with zero attached hydrogens (tertiary/aromatic N) is 3. The fourth-order valence-corrected chi connectivity index (χ4v) is 1.67. The molecule has 9 heteroatoms. The Labute approximate surface area is 119 Å². The van der Waals surface area contributed by atoms with Crippen molar-refractivity contribution < 1.29 is 22.8 Å². The predicted octanol–water partition coefficient (Wildman–Crippen LogP) is 1.02. The summed E-state index contributed by atoms with van der Waals surface area (Å²) in [4.78, 5) is 24.1. The van der Waals surface area contributed by atoms with Gasteiger partial charge in [0.1, 0.15) is 6.54 Å². The molecule has 0 unspecified atom stereocenters. The van der Waals surface area contributed by atoms with E-state index < -0.39 is 23.7 Å². The number of carbonyl (C=O) groups excluding carboxylic acids is 2. The average molecular weight is 306 g/mol. The molecular formula is C12H17F3N4O2. The summed E-state index contributed by atoms with van der Waals surface area (Å²) in [6.45, 7) is 1.61. The van der Waals surface area contributed by atoms with Gasteiger partial charge in [-0.2, -0.15) is 18.3 Å². The molecule has 1 heterocycles. The Balaban J connectivity index is 2.71. The van der Waals surface area contributed by atoms with Gasteiger partial charge in [0, 0.05) is 12.7 Å². The van der Waals surface area contributed by atoms with Gasteiger partial charge in [-0.3, -0.25) is 14.3 Å². The molecule has 21 heavy (non-hydrogen) atoms. The van der Waals surface area contributed by atoms with Gasteiger partial charge >= 0.3 is 6.18 Å². The van der Waals surface area contributed by atoms with Crippen molar-refractivity contribution >= 4 is 11.8 Å². The van der Waals surface area contributed by atoms with Crippen LogP contribution < -0.4 is 5.73 Å². The Morgan fingerprint density at radius 2 is 2.10 bits per heavy atom. The van der Waals surface area contributed by atoms with Crippen LogP contribution in [0.25, 0.3) is 0 Å². The summed E-state index contributed by atoms with van der Waals surface area (Å²) < 4.78 is 38.1. The van der Waals surface area contributed by atoms with E-state index in [-0.39, 0.29) is 13.1 Å². The minimum atomic E-state index is -4.55. The summed E-state index contributed by atoms with van der Waals surface area (Å²) in [5.74, 6) is -1.17. The monoisotopic (exact) mass is 306 g/mol. The zero-order chi connectivity index (χ0) is 16.0. The Kier molecular flexibility index (Phi) is 5.74. The highest BCUT2D eigenvalue weighted by molar-refractivity contribution is 5.83. The van der Waals surface area contributed by atoms with Crippen molar-refractivity contribution in [2.24, 2.45) is 5.73 Å². The molecule has 2 amide bonds. The van der Waals surface area contributed by atoms with Crippen LogP contribution in [0.4, 0.5) is 13.2 Å². The molecule has 0 radical (unpaired) electrons. The topological polar surface area (TPSA) is 81.2 Å². The predicted molar refractivity (Wildman–Crippen MR) is 67.9 cm³/mol. The van der Waals surface area contributed by atoms with Crippen molar-refractivity contribution in [3.05, 3.63) is 18.0 Å². The number of halogens is 3. The lowest BCUT2D eigenvalue weighted by Gasteiger charge is -2.20. The molecule has 6 nitrogen and oxygen atoms in total. The maximum Gasteiger partial charge on any atom is 0.435 e. The smallest absolute Gasteiger partial charge is 0.368 e. The van der Waals surface area contributed by atoms with Crippen molar-refractivity contribution in [1.82, 2.24) is 14.7 Å². The van der Waals surface area contributed by atoms with E-state index in [1.165, 1.54) is 4.90 Å². The van der Waals surface area contributed by atoms with Crippen LogP contribution in [-0.2, 0) is 22.3 Å². The summed E-state index contributed by atoms with van der Waals surface area (Å²) >= 11 is 0. The zero-order valence-corrected chi connectivity index (χ0v) is 11.6. The van der Waals surface area contributed by atoms with Crippen LogP contribution >= 0.6 is 0 Å². The summed E-state index contributed by atoms with van der Waals surface area (Å²) in [6.07, 6.45) is -2.00. The summed E-state index contributed by atoms with van der Waals surface area (Å²) in [5, 5.41) is 3.29. The first-order valence-corrected chi connectivity index (χ1v) is 6.40. The van der Waals surface area contributed by atoms with Crippen LogP contribution in [0, 0.1) is 0 Å². The number of hydrogen-bond donors (Lipinski definition) is 1. The van der Waals surface area contributed by atoms with Crippen molar-refractivity contribution in [2.75, 3.05) is 13.1 Å². The van der Waals surface area contributed by atoms with Gasteiger partial charge in [-0.25, -0.2) is 0 Å². The van der Waals surface area contributed by atoms with E-state index in [9.17, 15) is 22.8 Å². The molecule has 0 spiro atoms. The molecule has 0 aliphatic rings. The number of aromatic nitrogens is 2. The molecule has 118 valence electrons. The zero-order valence-electron chi connectivity index (χ0n) is 11.6. The van der Waals surface area contributed by atoms with Gasteiger partial charge in [-0.15, -0.1) is 0 Å². The highest BCUT2D eigenvalue weighted by Crippen LogP contribution is 2.27. The number of carbonyl (C=O) groups is 2. The Morgan fingerprint density at radius 3 is 2.57 bits per heavy atom. The third kappa shape index (κ3) is 5.44. The maximum atomic E-state index is 12.4. The van der Waals surface area contributed by atoms with Crippen LogP contribution in [-0.4, -0.2) is 39.6 Å². The normalized spacial score (nSPS) is 11.4. The first kappa shape index (κ1) is 17.0. The first-order valence-electron chi connectivity index (χ1n) is 6.40. The highest BCUT2D eigenvalue weighted by atomic mass is 19.4. The summed E-state index contributed by atoms with van der Waals surface area (Å²) in [5.41, 5.74) is 3.99. The molecular weight excluding hydrogens is 289 g/mol. The number of nitrogens with two attached hydrogens (primary N) is 1. The standard InChI is InChI=1S/C12H17F3N4O2/c1-2-3-5-18(7-10(16)20)11(21)8-19-6-4-9(17-19)12(13,14)15/h4,6H,2-3,5,7-8H2,1H3,(H2,16,20). The highest BCUT2D eigenvalue weighted by Gasteiger charge is 2.33. The van der Waals surface area contributed by atoms with Crippen LogP contribution in [0.1, 0.15) is 25.5 Å². The van der Waals surface area contributed by atoms with E-state index in [0.717, 1.165) is 23.4 Å². The third-order valence-corrected chi connectivity index (χ3v) is 2.71. The molecule has 0 atom stereocenters. The van der Waals surface area contributed by atoms with Crippen LogP contribution in [0.3, 0.4) is 0 Å². The largest absolute Gasteiger partial charge is 0.435 e. The molecule has 0 bridgehead atoms. The number of amides is 2. The van der Waals surface area contributed by atoms with Crippen LogP contribution in [0.15, 0.2) is 12.3 Å². The van der Waals surface area contributed by atoms with Gasteiger partial charge in [-0.1, -0.05) is 13.3 Å². The van der Waals surface area contributed by atoms with E-state index in [2.05, 4.69) is 5.10 Å².